The van der Waals surface area contributed by atoms with Gasteiger partial charge >= 0.3 is 41.7 Å². The number of halogens is 15. The molecule has 1 unspecified atom stereocenters. The Bertz CT molecular complexity index is 989. The van der Waals surface area contributed by atoms with E-state index in [1.54, 1.807) is 0 Å². The summed E-state index contributed by atoms with van der Waals surface area (Å²) in [6.45, 7) is -0.854. The van der Waals surface area contributed by atoms with Crippen molar-refractivity contribution >= 4 is 11.3 Å². The van der Waals surface area contributed by atoms with Gasteiger partial charge in [-0.1, -0.05) is 0 Å². The van der Waals surface area contributed by atoms with Crippen LogP contribution in [0.1, 0.15) is 6.42 Å². The highest BCUT2D eigenvalue weighted by Gasteiger charge is 2.93. The molecule has 0 fully saturated rings. The van der Waals surface area contributed by atoms with Gasteiger partial charge in [0.15, 0.2) is 11.5 Å². The first-order valence-corrected chi connectivity index (χ1v) is 9.82. The van der Waals surface area contributed by atoms with Crippen LogP contribution in [0.2, 0.25) is 0 Å². The number of rotatable bonds is 7. The third kappa shape index (κ3) is 4.67. The Morgan fingerprint density at radius 2 is 1.25 bits per heavy atom. The molecule has 2 heterocycles. The maximum absolute atomic E-state index is 13.6. The van der Waals surface area contributed by atoms with E-state index >= 15 is 0 Å². The summed E-state index contributed by atoms with van der Waals surface area (Å²) in [5.41, 5.74) is 0. The van der Waals surface area contributed by atoms with Crippen LogP contribution < -0.4 is 9.47 Å². The van der Waals surface area contributed by atoms with Crippen molar-refractivity contribution in [1.29, 1.82) is 0 Å². The molecule has 1 aliphatic heterocycles. The SMILES string of the molecule is FC(F)(F)C(F)(F)C(F)(F)C(F)(F)C(F)(F)C(F)(F)C(F)(F)C#COCC1CCOc2cscc2O1. The molecule has 0 spiro atoms. The first-order chi connectivity index (χ1) is 16.0. The van der Waals surface area contributed by atoms with Crippen LogP contribution in [0.3, 0.4) is 0 Å². The van der Waals surface area contributed by atoms with E-state index in [0.29, 0.717) is 0 Å². The van der Waals surface area contributed by atoms with Crippen LogP contribution in [-0.2, 0) is 4.74 Å². The van der Waals surface area contributed by atoms with E-state index in [1.165, 1.54) is 10.8 Å². The maximum atomic E-state index is 13.6. The topological polar surface area (TPSA) is 27.7 Å². The second-order valence-electron chi connectivity index (χ2n) is 6.96. The predicted molar refractivity (Wildman–Crippen MR) is 88.3 cm³/mol. The van der Waals surface area contributed by atoms with Crippen molar-refractivity contribution in [3.8, 4) is 23.5 Å². The van der Waals surface area contributed by atoms with Gasteiger partial charge in [-0.3, -0.25) is 0 Å². The summed E-state index contributed by atoms with van der Waals surface area (Å²) < 4.78 is 211. The predicted octanol–water partition coefficient (Wildman–Crippen LogP) is 6.63. The van der Waals surface area contributed by atoms with Crippen LogP contribution in [0.15, 0.2) is 10.8 Å². The molecule has 0 aliphatic carbocycles. The smallest absolute Gasteiger partial charge is 0.460 e. The van der Waals surface area contributed by atoms with Crippen LogP contribution in [-0.4, -0.2) is 61.0 Å². The summed E-state index contributed by atoms with van der Waals surface area (Å²) in [5.74, 6) is -46.9. The number of thiophene rings is 1. The van der Waals surface area contributed by atoms with E-state index in [1.807, 2.05) is 0 Å². The van der Waals surface area contributed by atoms with E-state index in [4.69, 9.17) is 9.47 Å². The third-order valence-corrected chi connectivity index (χ3v) is 5.16. The molecule has 0 saturated carbocycles. The molecular formula is C17H9F15O3S. The summed E-state index contributed by atoms with van der Waals surface area (Å²) in [6, 6.07) is 0. The first-order valence-electron chi connectivity index (χ1n) is 8.88. The zero-order valence-electron chi connectivity index (χ0n) is 16.7. The lowest BCUT2D eigenvalue weighted by Gasteiger charge is -2.40. The standard InChI is InChI=1S/C17H9F15O3S/c18-11(19,2-4-33-5-8-1-3-34-9-6-36-7-10(9)35-8)12(20,21)13(22,23)14(24,25)15(26,27)16(28,29)17(30,31)32/h6-8H,1,3,5H2. The van der Waals surface area contributed by atoms with Gasteiger partial charge in [-0.2, -0.15) is 65.9 Å². The van der Waals surface area contributed by atoms with E-state index in [0.717, 1.165) is 17.4 Å². The average Bonchev–Trinajstić information content (AvgIpc) is 3.07. The van der Waals surface area contributed by atoms with Gasteiger partial charge in [0.25, 0.3) is 0 Å². The molecule has 1 aliphatic rings. The fraction of sp³-hybridized carbons (Fsp3) is 0.647. The van der Waals surface area contributed by atoms with Crippen LogP contribution >= 0.6 is 11.3 Å². The van der Waals surface area contributed by atoms with Gasteiger partial charge in [0.1, 0.15) is 18.8 Å². The largest absolute Gasteiger partial charge is 0.489 e. The van der Waals surface area contributed by atoms with Gasteiger partial charge in [0.2, 0.25) is 0 Å². The maximum Gasteiger partial charge on any atom is 0.460 e. The Balaban J connectivity index is 2.24. The second-order valence-corrected chi connectivity index (χ2v) is 7.70. The molecule has 3 nitrogen and oxygen atoms in total. The molecule has 19 heteroatoms. The van der Waals surface area contributed by atoms with Crippen molar-refractivity contribution in [2.75, 3.05) is 13.2 Å². The summed E-state index contributed by atoms with van der Waals surface area (Å²) in [6.07, 6.45) is -7.97. The molecular weight excluding hydrogens is 569 g/mol. The van der Waals surface area contributed by atoms with Crippen molar-refractivity contribution in [2.45, 2.75) is 54.2 Å². The Labute approximate surface area is 194 Å². The molecule has 1 atom stereocenters. The molecule has 1 aromatic rings. The van der Waals surface area contributed by atoms with Crippen molar-refractivity contribution in [2.24, 2.45) is 0 Å². The van der Waals surface area contributed by atoms with Crippen molar-refractivity contribution in [1.82, 2.24) is 0 Å². The summed E-state index contributed by atoms with van der Waals surface area (Å²) >= 11 is 1.11. The normalized spacial score (nSPS) is 18.2. The summed E-state index contributed by atoms with van der Waals surface area (Å²) in [5, 5.41) is 2.93. The summed E-state index contributed by atoms with van der Waals surface area (Å²) in [4.78, 5) is 0. The van der Waals surface area contributed by atoms with E-state index < -0.39 is 54.4 Å². The highest BCUT2D eigenvalue weighted by Crippen LogP contribution is 2.62. The lowest BCUT2D eigenvalue weighted by Crippen LogP contribution is -2.72. The van der Waals surface area contributed by atoms with E-state index in [9.17, 15) is 65.9 Å². The molecule has 0 aromatic carbocycles. The molecule has 1 aromatic heterocycles. The molecule has 2 rings (SSSR count). The minimum absolute atomic E-state index is 0.0135. The van der Waals surface area contributed by atoms with Gasteiger partial charge in [-0.05, 0) is 0 Å². The van der Waals surface area contributed by atoms with E-state index in [-0.39, 0.29) is 30.4 Å². The molecule has 206 valence electrons. The number of hydrogen-bond acceptors (Lipinski definition) is 4. The fourth-order valence-corrected chi connectivity index (χ4v) is 3.07. The first kappa shape index (κ1) is 29.8. The molecule has 0 amide bonds. The van der Waals surface area contributed by atoms with Gasteiger partial charge < -0.3 is 14.2 Å². The number of alkyl halides is 15. The number of ether oxygens (including phenoxy) is 3. The highest BCUT2D eigenvalue weighted by molar-refractivity contribution is 7.08. The second kappa shape index (κ2) is 9.17. The Morgan fingerprint density at radius 1 is 0.750 bits per heavy atom. The lowest BCUT2D eigenvalue weighted by molar-refractivity contribution is -0.449. The number of hydrogen-bond donors (Lipinski definition) is 0. The molecule has 0 bridgehead atoms. The van der Waals surface area contributed by atoms with Crippen LogP contribution in [0.25, 0.3) is 0 Å². The van der Waals surface area contributed by atoms with Gasteiger partial charge in [-0.15, -0.1) is 11.3 Å². The van der Waals surface area contributed by atoms with Gasteiger partial charge in [0, 0.05) is 23.1 Å². The zero-order chi connectivity index (χ0) is 28.0. The number of fused-ring (bicyclic) bond motifs is 1. The molecule has 0 N–H and O–H groups in total. The van der Waals surface area contributed by atoms with Crippen LogP contribution in [0.4, 0.5) is 65.9 Å². The van der Waals surface area contributed by atoms with Crippen molar-refractivity contribution in [3.63, 3.8) is 0 Å². The Kier molecular flexibility index (Phi) is 7.60. The lowest BCUT2D eigenvalue weighted by atomic mass is 9.91. The quantitative estimate of drug-likeness (QED) is 0.269. The molecule has 36 heavy (non-hydrogen) atoms. The van der Waals surface area contributed by atoms with Gasteiger partial charge in [-0.25, -0.2) is 0 Å². The van der Waals surface area contributed by atoms with Crippen molar-refractivity contribution < 1.29 is 80.1 Å². The monoisotopic (exact) mass is 578 g/mol. The van der Waals surface area contributed by atoms with Gasteiger partial charge in [0.05, 0.1) is 6.61 Å². The Morgan fingerprint density at radius 3 is 1.81 bits per heavy atom. The minimum atomic E-state index is -8.36. The minimum Gasteiger partial charge on any atom is -0.489 e. The van der Waals surface area contributed by atoms with E-state index in [2.05, 4.69) is 4.74 Å². The third-order valence-electron chi connectivity index (χ3n) is 4.46. The van der Waals surface area contributed by atoms with Crippen molar-refractivity contribution in [3.05, 3.63) is 10.8 Å². The summed E-state index contributed by atoms with van der Waals surface area (Å²) in [7, 11) is 0. The Hall–Kier alpha value is -2.39. The average molecular weight is 578 g/mol. The zero-order valence-corrected chi connectivity index (χ0v) is 17.5. The molecule has 0 saturated heterocycles. The molecule has 0 radical (unpaired) electrons. The van der Waals surface area contributed by atoms with Crippen LogP contribution in [0, 0.1) is 12.0 Å². The highest BCUT2D eigenvalue weighted by atomic mass is 32.1. The van der Waals surface area contributed by atoms with Crippen LogP contribution in [0.5, 0.6) is 11.5 Å². The fourth-order valence-electron chi connectivity index (χ4n) is 2.40.